The number of nitrogens with zero attached hydrogens (tertiary/aromatic N) is 3. The third-order valence-electron chi connectivity index (χ3n) is 2.39. The minimum Gasteiger partial charge on any atom is -0.478 e. The molecular formula is C11H10N4O3. The van der Waals surface area contributed by atoms with Crippen molar-refractivity contribution in [2.75, 3.05) is 0 Å². The summed E-state index contributed by atoms with van der Waals surface area (Å²) in [5, 5.41) is 13.0. The first-order chi connectivity index (χ1) is 8.49. The van der Waals surface area contributed by atoms with Gasteiger partial charge in [0.15, 0.2) is 0 Å². The van der Waals surface area contributed by atoms with E-state index in [1.807, 2.05) is 0 Å². The molecule has 2 rings (SSSR count). The van der Waals surface area contributed by atoms with Crippen molar-refractivity contribution in [2.45, 2.75) is 6.92 Å². The monoisotopic (exact) mass is 246 g/mol. The fraction of sp³-hybridized carbons (Fsp3) is 0.0909. The molecule has 0 aliphatic rings. The molecule has 0 unspecified atom stereocenters. The Bertz CT molecular complexity index is 633. The number of carbonyl (C=O) groups excluding carboxylic acids is 1. The first kappa shape index (κ1) is 11.8. The van der Waals surface area contributed by atoms with E-state index in [-0.39, 0.29) is 11.3 Å². The van der Waals surface area contributed by atoms with E-state index in [1.165, 1.54) is 23.1 Å². The quantitative estimate of drug-likeness (QED) is 0.812. The lowest BCUT2D eigenvalue weighted by Gasteiger charge is -2.01. The van der Waals surface area contributed by atoms with Gasteiger partial charge in [-0.2, -0.15) is 5.10 Å². The largest absolute Gasteiger partial charge is 0.478 e. The number of aromatic nitrogens is 3. The zero-order valence-electron chi connectivity index (χ0n) is 9.49. The Morgan fingerprint density at radius 2 is 2.17 bits per heavy atom. The summed E-state index contributed by atoms with van der Waals surface area (Å²) in [4.78, 5) is 25.7. The lowest BCUT2D eigenvalue weighted by molar-refractivity contribution is 0.0696. The first-order valence-electron chi connectivity index (χ1n) is 5.05. The fourth-order valence-corrected chi connectivity index (χ4v) is 1.50. The van der Waals surface area contributed by atoms with Crippen LogP contribution in [0.3, 0.4) is 0 Å². The molecule has 0 saturated carbocycles. The van der Waals surface area contributed by atoms with Crippen molar-refractivity contribution in [3.63, 3.8) is 0 Å². The van der Waals surface area contributed by atoms with Gasteiger partial charge in [0.1, 0.15) is 11.3 Å². The number of amides is 1. The van der Waals surface area contributed by atoms with Crippen molar-refractivity contribution >= 4 is 11.9 Å². The number of nitrogens with two attached hydrogens (primary N) is 1. The highest BCUT2D eigenvalue weighted by atomic mass is 16.4. The Hall–Kier alpha value is -2.70. The maximum atomic E-state index is 11.0. The van der Waals surface area contributed by atoms with Gasteiger partial charge in [-0.25, -0.2) is 9.48 Å². The van der Waals surface area contributed by atoms with Crippen molar-refractivity contribution in [1.82, 2.24) is 14.8 Å². The van der Waals surface area contributed by atoms with Crippen molar-refractivity contribution in [1.29, 1.82) is 0 Å². The predicted octanol–water partition coefficient (Wildman–Crippen LogP) is 0.373. The normalized spacial score (nSPS) is 10.3. The highest BCUT2D eigenvalue weighted by Gasteiger charge is 2.13. The maximum Gasteiger partial charge on any atom is 0.339 e. The van der Waals surface area contributed by atoms with Crippen LogP contribution in [0.2, 0.25) is 0 Å². The van der Waals surface area contributed by atoms with Gasteiger partial charge in [0.2, 0.25) is 0 Å². The molecule has 0 atom stereocenters. The van der Waals surface area contributed by atoms with Gasteiger partial charge in [0.05, 0.1) is 11.4 Å². The summed E-state index contributed by atoms with van der Waals surface area (Å²) in [6, 6.07) is 3.05. The molecule has 2 aromatic rings. The number of carboxylic acid groups (broad SMARTS) is 1. The molecule has 0 aliphatic carbocycles. The van der Waals surface area contributed by atoms with E-state index in [0.717, 1.165) is 0 Å². The van der Waals surface area contributed by atoms with Gasteiger partial charge in [-0.3, -0.25) is 9.78 Å². The number of hydrogen-bond acceptors (Lipinski definition) is 4. The molecule has 0 spiro atoms. The molecule has 7 heteroatoms. The topological polar surface area (TPSA) is 111 Å². The number of aryl methyl sites for hydroxylation is 1. The van der Waals surface area contributed by atoms with Gasteiger partial charge in [-0.1, -0.05) is 0 Å². The van der Waals surface area contributed by atoms with Crippen molar-refractivity contribution in [3.05, 3.63) is 41.5 Å². The molecule has 0 aliphatic heterocycles. The SMILES string of the molecule is Cc1nn(-c2ccnc(C(N)=O)c2)cc1C(=O)O. The number of primary amides is 1. The summed E-state index contributed by atoms with van der Waals surface area (Å²) in [6.07, 6.45) is 2.78. The van der Waals surface area contributed by atoms with Crippen molar-refractivity contribution in [3.8, 4) is 5.69 Å². The van der Waals surface area contributed by atoms with Gasteiger partial charge >= 0.3 is 5.97 Å². The summed E-state index contributed by atoms with van der Waals surface area (Å²) in [5.74, 6) is -1.71. The summed E-state index contributed by atoms with van der Waals surface area (Å²) < 4.78 is 1.37. The van der Waals surface area contributed by atoms with E-state index in [2.05, 4.69) is 10.1 Å². The number of carbonyl (C=O) groups is 2. The molecule has 2 heterocycles. The second-order valence-electron chi connectivity index (χ2n) is 3.64. The zero-order chi connectivity index (χ0) is 13.3. The number of pyridine rings is 1. The lowest BCUT2D eigenvalue weighted by atomic mass is 10.3. The summed E-state index contributed by atoms with van der Waals surface area (Å²) in [6.45, 7) is 1.59. The molecule has 7 nitrogen and oxygen atoms in total. The van der Waals surface area contributed by atoms with E-state index in [1.54, 1.807) is 13.0 Å². The van der Waals surface area contributed by atoms with E-state index in [9.17, 15) is 9.59 Å². The number of rotatable bonds is 3. The molecule has 0 radical (unpaired) electrons. The van der Waals surface area contributed by atoms with Crippen LogP contribution in [-0.4, -0.2) is 31.7 Å². The molecule has 3 N–H and O–H groups in total. The maximum absolute atomic E-state index is 11.0. The minimum atomic E-state index is -1.05. The fourth-order valence-electron chi connectivity index (χ4n) is 1.50. The predicted molar refractivity (Wildman–Crippen MR) is 61.6 cm³/mol. The lowest BCUT2D eigenvalue weighted by Crippen LogP contribution is -2.13. The van der Waals surface area contributed by atoms with Gasteiger partial charge in [0.25, 0.3) is 5.91 Å². The standard InChI is InChI=1S/C11H10N4O3/c1-6-8(11(17)18)5-15(14-6)7-2-3-13-9(4-7)10(12)16/h2-5H,1H3,(H2,12,16)(H,17,18). The molecule has 1 amide bonds. The van der Waals surface area contributed by atoms with E-state index in [0.29, 0.717) is 11.4 Å². The van der Waals surface area contributed by atoms with Crippen LogP contribution in [0.1, 0.15) is 26.5 Å². The zero-order valence-corrected chi connectivity index (χ0v) is 9.49. The van der Waals surface area contributed by atoms with Crippen LogP contribution >= 0.6 is 0 Å². The van der Waals surface area contributed by atoms with Gasteiger partial charge in [0, 0.05) is 12.4 Å². The summed E-state index contributed by atoms with van der Waals surface area (Å²) in [5.41, 5.74) is 6.23. The van der Waals surface area contributed by atoms with Crippen LogP contribution in [0.4, 0.5) is 0 Å². The molecule has 18 heavy (non-hydrogen) atoms. The number of aromatic carboxylic acids is 1. The Kier molecular flexibility index (Phi) is 2.80. The second kappa shape index (κ2) is 4.28. The van der Waals surface area contributed by atoms with Crippen molar-refractivity contribution < 1.29 is 14.7 Å². The molecular weight excluding hydrogens is 236 g/mol. The molecule has 0 saturated heterocycles. The Morgan fingerprint density at radius 1 is 1.44 bits per heavy atom. The van der Waals surface area contributed by atoms with Gasteiger partial charge in [-0.15, -0.1) is 0 Å². The molecule has 0 bridgehead atoms. The first-order valence-corrected chi connectivity index (χ1v) is 5.05. The summed E-state index contributed by atoms with van der Waals surface area (Å²) in [7, 11) is 0. The third-order valence-corrected chi connectivity index (χ3v) is 2.39. The Labute approximate surface area is 102 Å². The van der Waals surface area contributed by atoms with Gasteiger partial charge in [-0.05, 0) is 19.1 Å². The van der Waals surface area contributed by atoms with Crippen LogP contribution in [-0.2, 0) is 0 Å². The molecule has 0 aromatic carbocycles. The van der Waals surface area contributed by atoms with Gasteiger partial charge < -0.3 is 10.8 Å². The van der Waals surface area contributed by atoms with E-state index in [4.69, 9.17) is 10.8 Å². The molecule has 0 fully saturated rings. The highest BCUT2D eigenvalue weighted by Crippen LogP contribution is 2.12. The third kappa shape index (κ3) is 2.05. The number of carboxylic acids is 1. The molecule has 2 aromatic heterocycles. The average molecular weight is 246 g/mol. The Morgan fingerprint density at radius 3 is 2.72 bits per heavy atom. The minimum absolute atomic E-state index is 0.0949. The Balaban J connectivity index is 2.49. The van der Waals surface area contributed by atoms with E-state index < -0.39 is 11.9 Å². The van der Waals surface area contributed by atoms with Crippen LogP contribution < -0.4 is 5.73 Å². The van der Waals surface area contributed by atoms with Crippen LogP contribution in [0.25, 0.3) is 5.69 Å². The van der Waals surface area contributed by atoms with Crippen LogP contribution in [0, 0.1) is 6.92 Å². The van der Waals surface area contributed by atoms with Crippen molar-refractivity contribution in [2.24, 2.45) is 5.73 Å². The highest BCUT2D eigenvalue weighted by molar-refractivity contribution is 5.91. The second-order valence-corrected chi connectivity index (χ2v) is 3.64. The smallest absolute Gasteiger partial charge is 0.339 e. The number of hydrogen-bond donors (Lipinski definition) is 2. The average Bonchev–Trinajstić information content (AvgIpc) is 2.71. The van der Waals surface area contributed by atoms with E-state index >= 15 is 0 Å². The van der Waals surface area contributed by atoms with Crippen LogP contribution in [0.15, 0.2) is 24.5 Å². The molecule has 92 valence electrons. The van der Waals surface area contributed by atoms with Crippen LogP contribution in [0.5, 0.6) is 0 Å². The summed E-state index contributed by atoms with van der Waals surface area (Å²) >= 11 is 0.